The van der Waals surface area contributed by atoms with Crippen molar-refractivity contribution in [2.45, 2.75) is 45.5 Å². The molecule has 0 fully saturated rings. The molecule has 0 spiro atoms. The van der Waals surface area contributed by atoms with Crippen molar-refractivity contribution in [3.8, 4) is 17.2 Å². The van der Waals surface area contributed by atoms with Crippen LogP contribution in [-0.4, -0.2) is 15.4 Å². The number of hydrogen-bond donors (Lipinski definition) is 0. The van der Waals surface area contributed by atoms with Gasteiger partial charge in [-0.2, -0.15) is 0 Å². The van der Waals surface area contributed by atoms with Gasteiger partial charge < -0.3 is 14.2 Å². The van der Waals surface area contributed by atoms with Gasteiger partial charge in [0.05, 0.1) is 9.85 Å². The fourth-order valence-corrected chi connectivity index (χ4v) is 3.88. The van der Waals surface area contributed by atoms with E-state index in [-0.39, 0.29) is 30.2 Å². The summed E-state index contributed by atoms with van der Waals surface area (Å²) in [5, 5.41) is 21.8. The van der Waals surface area contributed by atoms with Crippen molar-refractivity contribution in [1.29, 1.82) is 0 Å². The summed E-state index contributed by atoms with van der Waals surface area (Å²) in [5.74, 6) is 1.63. The zero-order valence-corrected chi connectivity index (χ0v) is 20.0. The average Bonchev–Trinajstić information content (AvgIpc) is 2.90. The van der Waals surface area contributed by atoms with E-state index in [1.807, 2.05) is 12.1 Å². The maximum absolute atomic E-state index is 10.9. The highest BCUT2D eigenvalue weighted by molar-refractivity contribution is 5.66. The molecule has 0 saturated carbocycles. The number of nitro benzene ring substituents is 2. The first-order chi connectivity index (χ1) is 17.3. The summed E-state index contributed by atoms with van der Waals surface area (Å²) >= 11 is 0. The van der Waals surface area contributed by atoms with Gasteiger partial charge in [0.2, 0.25) is 0 Å². The van der Waals surface area contributed by atoms with Gasteiger partial charge in [-0.3, -0.25) is 20.2 Å². The fourth-order valence-electron chi connectivity index (χ4n) is 3.88. The molecule has 0 bridgehead atoms. The molecule has 0 saturated heterocycles. The van der Waals surface area contributed by atoms with Crippen molar-refractivity contribution in [1.82, 2.24) is 0 Å². The minimum Gasteiger partial charge on any atom is -0.485 e. The van der Waals surface area contributed by atoms with E-state index in [2.05, 4.69) is 19.9 Å². The molecule has 3 aromatic carbocycles. The molecule has 186 valence electrons. The van der Waals surface area contributed by atoms with Crippen LogP contribution in [0.1, 0.15) is 43.4 Å². The quantitative estimate of drug-likeness (QED) is 0.231. The number of hydrogen-bond acceptors (Lipinski definition) is 7. The lowest BCUT2D eigenvalue weighted by molar-refractivity contribution is -0.385. The van der Waals surface area contributed by atoms with Crippen molar-refractivity contribution in [2.75, 3.05) is 0 Å². The van der Waals surface area contributed by atoms with Crippen LogP contribution in [0.25, 0.3) is 6.08 Å². The second kappa shape index (κ2) is 10.5. The Morgan fingerprint density at radius 2 is 1.25 bits per heavy atom. The largest absolute Gasteiger partial charge is 0.485 e. The number of fused-ring (bicyclic) bond motifs is 1. The summed E-state index contributed by atoms with van der Waals surface area (Å²) in [6, 6.07) is 16.0. The highest BCUT2D eigenvalue weighted by Crippen LogP contribution is 2.42. The zero-order chi connectivity index (χ0) is 25.7. The van der Waals surface area contributed by atoms with E-state index in [9.17, 15) is 20.2 Å². The van der Waals surface area contributed by atoms with Crippen molar-refractivity contribution in [3.63, 3.8) is 0 Å². The maximum atomic E-state index is 10.9. The Labute approximate surface area is 208 Å². The van der Waals surface area contributed by atoms with Gasteiger partial charge in [0, 0.05) is 35.9 Å². The summed E-state index contributed by atoms with van der Waals surface area (Å²) in [6.07, 6.45) is 5.71. The Hall–Kier alpha value is -4.40. The van der Waals surface area contributed by atoms with Crippen molar-refractivity contribution in [2.24, 2.45) is 0 Å². The van der Waals surface area contributed by atoms with E-state index in [0.29, 0.717) is 17.2 Å². The van der Waals surface area contributed by atoms with Crippen molar-refractivity contribution in [3.05, 3.63) is 104 Å². The minimum absolute atomic E-state index is 0.00955. The Kier molecular flexibility index (Phi) is 7.19. The van der Waals surface area contributed by atoms with E-state index in [0.717, 1.165) is 29.5 Å². The number of nitro groups is 2. The first-order valence-corrected chi connectivity index (χ1v) is 11.6. The lowest BCUT2D eigenvalue weighted by atomic mass is 9.93. The molecule has 3 aromatic rings. The fraction of sp³-hybridized carbons (Fsp3) is 0.259. The molecule has 1 aliphatic heterocycles. The molecule has 0 aliphatic carbocycles. The van der Waals surface area contributed by atoms with Crippen LogP contribution in [0.5, 0.6) is 17.2 Å². The Balaban J connectivity index is 1.58. The maximum Gasteiger partial charge on any atom is 0.269 e. The molecule has 0 atom stereocenters. The highest BCUT2D eigenvalue weighted by atomic mass is 16.6. The highest BCUT2D eigenvalue weighted by Gasteiger charge is 2.30. The summed E-state index contributed by atoms with van der Waals surface area (Å²) in [4.78, 5) is 20.9. The Morgan fingerprint density at radius 1 is 0.778 bits per heavy atom. The third kappa shape index (κ3) is 5.46. The molecule has 9 heteroatoms. The third-order valence-electron chi connectivity index (χ3n) is 6.24. The van der Waals surface area contributed by atoms with Gasteiger partial charge in [-0.05, 0) is 60.4 Å². The predicted molar refractivity (Wildman–Crippen MR) is 134 cm³/mol. The van der Waals surface area contributed by atoms with Crippen LogP contribution in [0.2, 0.25) is 0 Å². The minimum atomic E-state index is -0.448. The van der Waals surface area contributed by atoms with E-state index in [1.54, 1.807) is 30.3 Å². The van der Waals surface area contributed by atoms with Crippen molar-refractivity contribution < 1.29 is 24.1 Å². The number of non-ortho nitro benzene ring substituents is 2. The van der Waals surface area contributed by atoms with Crippen LogP contribution in [0.4, 0.5) is 11.4 Å². The standard InChI is InChI=1S/C27H26N2O7/c1-3-27(4-2)14-13-21-15-25(34-17-19-5-9-22(10-6-19)28(30)31)26(16-24(21)36-27)35-18-20-7-11-23(12-8-20)29(32)33/h5-16H,3-4,17-18H2,1-2H3. The van der Waals surface area contributed by atoms with Gasteiger partial charge >= 0.3 is 0 Å². The van der Waals surface area contributed by atoms with E-state index in [4.69, 9.17) is 14.2 Å². The number of benzene rings is 3. The summed E-state index contributed by atoms with van der Waals surface area (Å²) in [6.45, 7) is 4.51. The molecule has 0 radical (unpaired) electrons. The lowest BCUT2D eigenvalue weighted by Crippen LogP contribution is -2.34. The molecule has 1 aliphatic rings. The van der Waals surface area contributed by atoms with Crippen LogP contribution in [0, 0.1) is 20.2 Å². The smallest absolute Gasteiger partial charge is 0.269 e. The molecule has 0 aromatic heterocycles. The second-order valence-electron chi connectivity index (χ2n) is 8.47. The van der Waals surface area contributed by atoms with E-state index < -0.39 is 9.85 Å². The van der Waals surface area contributed by atoms with Crippen LogP contribution in [-0.2, 0) is 13.2 Å². The van der Waals surface area contributed by atoms with Gasteiger partial charge in [0.1, 0.15) is 24.6 Å². The number of rotatable bonds is 10. The van der Waals surface area contributed by atoms with Crippen LogP contribution >= 0.6 is 0 Å². The van der Waals surface area contributed by atoms with Gasteiger partial charge in [0.25, 0.3) is 11.4 Å². The molecule has 36 heavy (non-hydrogen) atoms. The van der Waals surface area contributed by atoms with Gasteiger partial charge in [-0.25, -0.2) is 0 Å². The first kappa shape index (κ1) is 24.7. The van der Waals surface area contributed by atoms with Crippen LogP contribution < -0.4 is 14.2 Å². The summed E-state index contributed by atoms with van der Waals surface area (Å²) in [5.41, 5.74) is 2.02. The Morgan fingerprint density at radius 3 is 1.69 bits per heavy atom. The molecular formula is C27H26N2O7. The number of nitrogens with zero attached hydrogens (tertiary/aromatic N) is 2. The number of ether oxygens (including phenoxy) is 3. The summed E-state index contributed by atoms with van der Waals surface area (Å²) < 4.78 is 18.5. The monoisotopic (exact) mass is 490 g/mol. The summed E-state index contributed by atoms with van der Waals surface area (Å²) in [7, 11) is 0. The van der Waals surface area contributed by atoms with Gasteiger partial charge in [-0.1, -0.05) is 19.9 Å². The van der Waals surface area contributed by atoms with Crippen LogP contribution in [0.3, 0.4) is 0 Å². The van der Waals surface area contributed by atoms with E-state index in [1.165, 1.54) is 24.3 Å². The molecule has 1 heterocycles. The third-order valence-corrected chi connectivity index (χ3v) is 6.24. The lowest BCUT2D eigenvalue weighted by Gasteiger charge is -2.33. The second-order valence-corrected chi connectivity index (χ2v) is 8.47. The molecular weight excluding hydrogens is 464 g/mol. The van der Waals surface area contributed by atoms with Crippen LogP contribution in [0.15, 0.2) is 66.7 Å². The topological polar surface area (TPSA) is 114 Å². The average molecular weight is 491 g/mol. The van der Waals surface area contributed by atoms with Crippen molar-refractivity contribution >= 4 is 17.5 Å². The molecule has 0 unspecified atom stereocenters. The van der Waals surface area contributed by atoms with Gasteiger partial charge in [-0.15, -0.1) is 0 Å². The SMILES string of the molecule is CCC1(CC)C=Cc2cc(OCc3ccc([N+](=O)[O-])cc3)c(OCc3ccc([N+](=O)[O-])cc3)cc2O1. The molecule has 4 rings (SSSR count). The Bertz CT molecular complexity index is 1280. The molecule has 0 amide bonds. The predicted octanol–water partition coefficient (Wildman–Crippen LogP) is 6.63. The van der Waals surface area contributed by atoms with E-state index >= 15 is 0 Å². The van der Waals surface area contributed by atoms with Gasteiger partial charge in [0.15, 0.2) is 11.5 Å². The normalized spacial score (nSPS) is 13.4. The first-order valence-electron chi connectivity index (χ1n) is 11.6. The molecule has 0 N–H and O–H groups in total. The zero-order valence-electron chi connectivity index (χ0n) is 20.0. The molecule has 9 nitrogen and oxygen atoms in total.